The molecule has 3 rings (SSSR count). The first kappa shape index (κ1) is 18.9. The Morgan fingerprint density at radius 1 is 1.26 bits per heavy atom. The lowest BCUT2D eigenvalue weighted by atomic mass is 10.1. The molecule has 0 aliphatic carbocycles. The average molecular weight is 372 g/mol. The van der Waals surface area contributed by atoms with Crippen molar-refractivity contribution in [1.82, 2.24) is 14.7 Å². The van der Waals surface area contributed by atoms with E-state index in [9.17, 15) is 14.4 Å². The van der Waals surface area contributed by atoms with Gasteiger partial charge in [0.2, 0.25) is 5.91 Å². The molecular formula is C19H24N4O4. The largest absolute Gasteiger partial charge is 0.458 e. The Morgan fingerprint density at radius 3 is 2.63 bits per heavy atom. The van der Waals surface area contributed by atoms with Gasteiger partial charge in [-0.15, -0.1) is 0 Å². The molecule has 1 atom stereocenters. The van der Waals surface area contributed by atoms with E-state index in [4.69, 9.17) is 10.5 Å². The van der Waals surface area contributed by atoms with Crippen LogP contribution in [0.15, 0.2) is 24.3 Å². The Balaban J connectivity index is 1.79. The number of rotatable bonds is 5. The van der Waals surface area contributed by atoms with Crippen molar-refractivity contribution in [2.45, 2.75) is 51.8 Å². The highest BCUT2D eigenvalue weighted by Crippen LogP contribution is 2.23. The Labute approximate surface area is 157 Å². The van der Waals surface area contributed by atoms with E-state index in [0.29, 0.717) is 31.3 Å². The SMILES string of the molecule is CC(C)(C)OC(=O)[C@@H]1CCC(=O)N1CCn1nc(C(N)=O)c2ccccc21. The third-order valence-electron chi connectivity index (χ3n) is 4.45. The number of primary amides is 1. The number of carbonyl (C=O) groups is 3. The van der Waals surface area contributed by atoms with Crippen molar-refractivity contribution in [1.29, 1.82) is 0 Å². The summed E-state index contributed by atoms with van der Waals surface area (Å²) in [5.74, 6) is -1.08. The number of hydrogen-bond donors (Lipinski definition) is 1. The van der Waals surface area contributed by atoms with Crippen LogP contribution < -0.4 is 5.73 Å². The Hall–Kier alpha value is -2.90. The van der Waals surface area contributed by atoms with Crippen LogP contribution in [-0.4, -0.2) is 50.7 Å². The number of benzene rings is 1. The molecule has 2 aromatic rings. The van der Waals surface area contributed by atoms with Crippen LogP contribution in [0.25, 0.3) is 10.9 Å². The molecule has 2 amide bonds. The average Bonchev–Trinajstić information content (AvgIpc) is 3.12. The van der Waals surface area contributed by atoms with Crippen LogP contribution >= 0.6 is 0 Å². The maximum Gasteiger partial charge on any atom is 0.329 e. The lowest BCUT2D eigenvalue weighted by Gasteiger charge is -2.27. The van der Waals surface area contributed by atoms with Gasteiger partial charge < -0.3 is 15.4 Å². The molecular weight excluding hydrogens is 348 g/mol. The molecule has 8 heteroatoms. The zero-order valence-corrected chi connectivity index (χ0v) is 15.8. The van der Waals surface area contributed by atoms with Crippen LogP contribution in [0.5, 0.6) is 0 Å². The molecule has 0 radical (unpaired) electrons. The van der Waals surface area contributed by atoms with Gasteiger partial charge in [-0.05, 0) is 33.3 Å². The number of nitrogens with two attached hydrogens (primary N) is 1. The summed E-state index contributed by atoms with van der Waals surface area (Å²) < 4.78 is 7.09. The first-order valence-corrected chi connectivity index (χ1v) is 8.95. The van der Waals surface area contributed by atoms with Crippen LogP contribution in [0.1, 0.15) is 44.1 Å². The number of esters is 1. The second-order valence-electron chi connectivity index (χ2n) is 7.63. The summed E-state index contributed by atoms with van der Waals surface area (Å²) in [6.07, 6.45) is 0.760. The number of ether oxygens (including phenoxy) is 1. The minimum atomic E-state index is -0.608. The van der Waals surface area contributed by atoms with Crippen molar-refractivity contribution in [2.75, 3.05) is 6.54 Å². The highest BCUT2D eigenvalue weighted by atomic mass is 16.6. The maximum absolute atomic E-state index is 12.4. The number of para-hydroxylation sites is 1. The van der Waals surface area contributed by atoms with Gasteiger partial charge in [0.05, 0.1) is 12.1 Å². The minimum absolute atomic E-state index is 0.0857. The fourth-order valence-electron chi connectivity index (χ4n) is 3.31. The second-order valence-corrected chi connectivity index (χ2v) is 7.63. The van der Waals surface area contributed by atoms with E-state index in [1.54, 1.807) is 31.5 Å². The molecule has 1 aromatic heterocycles. The number of carbonyl (C=O) groups excluding carboxylic acids is 3. The van der Waals surface area contributed by atoms with E-state index in [2.05, 4.69) is 5.10 Å². The minimum Gasteiger partial charge on any atom is -0.458 e. The molecule has 0 bridgehead atoms. The lowest BCUT2D eigenvalue weighted by Crippen LogP contribution is -2.43. The van der Waals surface area contributed by atoms with Gasteiger partial charge in [0.15, 0.2) is 5.69 Å². The molecule has 1 aliphatic heterocycles. The van der Waals surface area contributed by atoms with Crippen LogP contribution in [0.2, 0.25) is 0 Å². The van der Waals surface area contributed by atoms with Crippen LogP contribution in [0.4, 0.5) is 0 Å². The molecule has 1 saturated heterocycles. The fraction of sp³-hybridized carbons (Fsp3) is 0.474. The Morgan fingerprint density at radius 2 is 1.96 bits per heavy atom. The van der Waals surface area contributed by atoms with Gasteiger partial charge in [-0.25, -0.2) is 4.79 Å². The van der Waals surface area contributed by atoms with E-state index < -0.39 is 23.5 Å². The van der Waals surface area contributed by atoms with Gasteiger partial charge in [-0.1, -0.05) is 18.2 Å². The van der Waals surface area contributed by atoms with Crippen molar-refractivity contribution in [3.8, 4) is 0 Å². The number of likely N-dealkylation sites (tertiary alicyclic amines) is 1. The summed E-state index contributed by atoms with van der Waals surface area (Å²) in [4.78, 5) is 37.9. The molecule has 0 spiro atoms. The second kappa shape index (κ2) is 7.02. The monoisotopic (exact) mass is 372 g/mol. The van der Waals surface area contributed by atoms with Gasteiger partial charge in [0, 0.05) is 18.4 Å². The first-order valence-electron chi connectivity index (χ1n) is 8.95. The first-order chi connectivity index (χ1) is 12.7. The molecule has 0 unspecified atom stereocenters. The molecule has 27 heavy (non-hydrogen) atoms. The van der Waals surface area contributed by atoms with Gasteiger partial charge in [0.1, 0.15) is 11.6 Å². The van der Waals surface area contributed by atoms with Crippen molar-refractivity contribution < 1.29 is 19.1 Å². The summed E-state index contributed by atoms with van der Waals surface area (Å²) in [6.45, 7) is 6.04. The summed E-state index contributed by atoms with van der Waals surface area (Å²) in [5, 5.41) is 4.96. The van der Waals surface area contributed by atoms with E-state index >= 15 is 0 Å². The van der Waals surface area contributed by atoms with Gasteiger partial charge in [0.25, 0.3) is 5.91 Å². The number of aromatic nitrogens is 2. The summed E-state index contributed by atoms with van der Waals surface area (Å²) in [6, 6.07) is 6.68. The van der Waals surface area contributed by atoms with E-state index in [0.717, 1.165) is 5.52 Å². The van der Waals surface area contributed by atoms with Crippen LogP contribution in [0.3, 0.4) is 0 Å². The van der Waals surface area contributed by atoms with Gasteiger partial charge in [-0.2, -0.15) is 5.10 Å². The zero-order valence-electron chi connectivity index (χ0n) is 15.8. The molecule has 144 valence electrons. The number of fused-ring (bicyclic) bond motifs is 1. The Kier molecular flexibility index (Phi) is 4.91. The summed E-state index contributed by atoms with van der Waals surface area (Å²) >= 11 is 0. The van der Waals surface area contributed by atoms with Crippen molar-refractivity contribution in [2.24, 2.45) is 5.73 Å². The number of hydrogen-bond acceptors (Lipinski definition) is 5. The fourth-order valence-corrected chi connectivity index (χ4v) is 3.31. The van der Waals surface area contributed by atoms with Crippen molar-refractivity contribution in [3.05, 3.63) is 30.0 Å². The molecule has 0 saturated carbocycles. The molecule has 1 fully saturated rings. The lowest BCUT2D eigenvalue weighted by molar-refractivity contribution is -0.162. The topological polar surface area (TPSA) is 108 Å². The molecule has 1 aliphatic rings. The maximum atomic E-state index is 12.4. The number of nitrogens with zero attached hydrogens (tertiary/aromatic N) is 3. The Bertz CT molecular complexity index is 897. The van der Waals surface area contributed by atoms with Crippen LogP contribution in [-0.2, 0) is 20.9 Å². The molecule has 8 nitrogen and oxygen atoms in total. The number of amides is 2. The standard InChI is InChI=1S/C19H24N4O4/c1-19(2,3)27-18(26)14-8-9-15(24)22(14)10-11-23-13-7-5-4-6-12(13)16(21-23)17(20)25/h4-7,14H,8-11H2,1-3H3,(H2,20,25)/t14-/m0/s1. The quantitative estimate of drug-likeness (QED) is 0.800. The third kappa shape index (κ3) is 3.94. The van der Waals surface area contributed by atoms with Gasteiger partial charge >= 0.3 is 5.97 Å². The molecule has 1 aromatic carbocycles. The summed E-state index contributed by atoms with van der Waals surface area (Å²) in [7, 11) is 0. The van der Waals surface area contributed by atoms with Crippen molar-refractivity contribution >= 4 is 28.7 Å². The normalized spacial score (nSPS) is 17.5. The predicted octanol–water partition coefficient (Wildman–Crippen LogP) is 1.47. The van der Waals surface area contributed by atoms with Crippen molar-refractivity contribution in [3.63, 3.8) is 0 Å². The van der Waals surface area contributed by atoms with E-state index in [-0.39, 0.29) is 11.6 Å². The highest BCUT2D eigenvalue weighted by molar-refractivity contribution is 6.04. The molecule has 2 N–H and O–H groups in total. The van der Waals surface area contributed by atoms with Gasteiger partial charge in [-0.3, -0.25) is 14.3 Å². The smallest absolute Gasteiger partial charge is 0.329 e. The predicted molar refractivity (Wildman–Crippen MR) is 98.8 cm³/mol. The third-order valence-corrected chi connectivity index (χ3v) is 4.45. The molecule has 2 heterocycles. The highest BCUT2D eigenvalue weighted by Gasteiger charge is 2.38. The van der Waals surface area contributed by atoms with E-state index in [1.165, 1.54) is 4.90 Å². The van der Waals surface area contributed by atoms with Crippen LogP contribution in [0, 0.1) is 0 Å². The summed E-state index contributed by atoms with van der Waals surface area (Å²) in [5.41, 5.74) is 5.76. The zero-order chi connectivity index (χ0) is 19.8. The van der Waals surface area contributed by atoms with E-state index in [1.807, 2.05) is 18.2 Å².